The number of esters is 1. The van der Waals surface area contributed by atoms with Gasteiger partial charge in [-0.05, 0) is 33.6 Å². The van der Waals surface area contributed by atoms with Gasteiger partial charge in [-0.25, -0.2) is 4.79 Å². The minimum atomic E-state index is -4.47. The molecule has 19 heavy (non-hydrogen) atoms. The molecule has 0 aliphatic heterocycles. The van der Waals surface area contributed by atoms with Crippen molar-refractivity contribution in [3.63, 3.8) is 0 Å². The number of carbonyl (C=O) groups is 1. The van der Waals surface area contributed by atoms with E-state index in [1.54, 1.807) is 20.8 Å². The maximum atomic E-state index is 12.7. The summed E-state index contributed by atoms with van der Waals surface area (Å²) in [4.78, 5) is 11.4. The zero-order chi connectivity index (χ0) is 15.1. The van der Waals surface area contributed by atoms with Crippen molar-refractivity contribution in [1.29, 1.82) is 0 Å². The Labute approximate surface area is 113 Å². The SMILES string of the molecule is CCCCCC/C(=C/C(=O)OC(C)(C)C)C(F)(F)F. The van der Waals surface area contributed by atoms with Crippen molar-refractivity contribution in [2.24, 2.45) is 0 Å². The molecule has 0 N–H and O–H groups in total. The molecule has 2 nitrogen and oxygen atoms in total. The van der Waals surface area contributed by atoms with Crippen molar-refractivity contribution in [2.45, 2.75) is 71.6 Å². The summed E-state index contributed by atoms with van der Waals surface area (Å²) in [6.45, 7) is 6.84. The number of unbranched alkanes of at least 4 members (excludes halogenated alkanes) is 3. The minimum Gasteiger partial charge on any atom is -0.457 e. The molecule has 0 aromatic rings. The molecular weight excluding hydrogens is 257 g/mol. The molecule has 0 saturated heterocycles. The lowest BCUT2D eigenvalue weighted by molar-refractivity contribution is -0.149. The van der Waals surface area contributed by atoms with Gasteiger partial charge in [0.2, 0.25) is 0 Å². The van der Waals surface area contributed by atoms with Gasteiger partial charge in [-0.1, -0.05) is 26.2 Å². The summed E-state index contributed by atoms with van der Waals surface area (Å²) < 4.78 is 43.1. The molecule has 0 aromatic heterocycles. The fourth-order valence-corrected chi connectivity index (χ4v) is 1.51. The average Bonchev–Trinajstić information content (AvgIpc) is 2.18. The van der Waals surface area contributed by atoms with E-state index < -0.39 is 23.3 Å². The largest absolute Gasteiger partial charge is 0.457 e. The summed E-state index contributed by atoms with van der Waals surface area (Å²) in [5, 5.41) is 0. The van der Waals surface area contributed by atoms with Crippen molar-refractivity contribution >= 4 is 5.97 Å². The smallest absolute Gasteiger partial charge is 0.412 e. The van der Waals surface area contributed by atoms with E-state index in [0.717, 1.165) is 19.3 Å². The zero-order valence-electron chi connectivity index (χ0n) is 12.1. The fourth-order valence-electron chi connectivity index (χ4n) is 1.51. The second-order valence-corrected chi connectivity index (χ2v) is 5.51. The van der Waals surface area contributed by atoms with Crippen LogP contribution in [0.25, 0.3) is 0 Å². The number of allylic oxidation sites excluding steroid dienone is 1. The lowest BCUT2D eigenvalue weighted by Crippen LogP contribution is -2.24. The van der Waals surface area contributed by atoms with Crippen LogP contribution >= 0.6 is 0 Å². The quantitative estimate of drug-likeness (QED) is 0.397. The molecule has 0 bridgehead atoms. The number of rotatable bonds is 6. The summed E-state index contributed by atoms with van der Waals surface area (Å²) in [7, 11) is 0. The molecule has 0 heterocycles. The molecule has 0 aromatic carbocycles. The third-order valence-electron chi connectivity index (χ3n) is 2.36. The maximum Gasteiger partial charge on any atom is 0.412 e. The van der Waals surface area contributed by atoms with Crippen LogP contribution in [0.4, 0.5) is 13.2 Å². The van der Waals surface area contributed by atoms with Crippen LogP contribution < -0.4 is 0 Å². The topological polar surface area (TPSA) is 26.3 Å². The van der Waals surface area contributed by atoms with Crippen molar-refractivity contribution in [2.75, 3.05) is 0 Å². The molecule has 5 heteroatoms. The van der Waals surface area contributed by atoms with E-state index in [-0.39, 0.29) is 6.42 Å². The monoisotopic (exact) mass is 280 g/mol. The lowest BCUT2D eigenvalue weighted by atomic mass is 10.1. The zero-order valence-corrected chi connectivity index (χ0v) is 12.1. The van der Waals surface area contributed by atoms with Crippen LogP contribution in [0.2, 0.25) is 0 Å². The van der Waals surface area contributed by atoms with Gasteiger partial charge < -0.3 is 4.74 Å². The highest BCUT2D eigenvalue weighted by Gasteiger charge is 2.34. The van der Waals surface area contributed by atoms with Crippen molar-refractivity contribution in [3.05, 3.63) is 11.6 Å². The first-order valence-electron chi connectivity index (χ1n) is 6.57. The number of hydrogen-bond acceptors (Lipinski definition) is 2. The van der Waals surface area contributed by atoms with Gasteiger partial charge in [0, 0.05) is 11.6 Å². The molecule has 112 valence electrons. The lowest BCUT2D eigenvalue weighted by Gasteiger charge is -2.19. The highest BCUT2D eigenvalue weighted by Crippen LogP contribution is 2.30. The van der Waals surface area contributed by atoms with Crippen LogP contribution in [0.3, 0.4) is 0 Å². The molecule has 0 rings (SSSR count). The van der Waals surface area contributed by atoms with Crippen molar-refractivity contribution in [1.82, 2.24) is 0 Å². The second-order valence-electron chi connectivity index (χ2n) is 5.51. The van der Waals surface area contributed by atoms with Crippen LogP contribution in [-0.2, 0) is 9.53 Å². The molecule has 0 saturated carbocycles. The Kier molecular flexibility index (Phi) is 7.16. The summed E-state index contributed by atoms with van der Waals surface area (Å²) in [5.41, 5.74) is -1.59. The van der Waals surface area contributed by atoms with E-state index in [0.29, 0.717) is 12.5 Å². The number of carbonyl (C=O) groups excluding carboxylic acids is 1. The average molecular weight is 280 g/mol. The molecular formula is C14H23F3O2. The van der Waals surface area contributed by atoms with Gasteiger partial charge >= 0.3 is 12.1 Å². The summed E-state index contributed by atoms with van der Waals surface area (Å²) in [5.74, 6) is -0.935. The molecule has 0 amide bonds. The summed E-state index contributed by atoms with van der Waals surface area (Å²) >= 11 is 0. The predicted molar refractivity (Wildman–Crippen MR) is 68.7 cm³/mol. The van der Waals surface area contributed by atoms with E-state index in [1.807, 2.05) is 6.92 Å². The molecule has 0 aliphatic carbocycles. The Balaban J connectivity index is 4.62. The minimum absolute atomic E-state index is 0.136. The summed E-state index contributed by atoms with van der Waals surface area (Å²) in [6.07, 6.45) is -1.00. The first-order valence-corrected chi connectivity index (χ1v) is 6.57. The van der Waals surface area contributed by atoms with Crippen LogP contribution in [0.5, 0.6) is 0 Å². The third-order valence-corrected chi connectivity index (χ3v) is 2.36. The van der Waals surface area contributed by atoms with Gasteiger partial charge in [0.15, 0.2) is 0 Å². The van der Waals surface area contributed by atoms with Gasteiger partial charge in [-0.2, -0.15) is 13.2 Å². The van der Waals surface area contributed by atoms with Gasteiger partial charge in [-0.3, -0.25) is 0 Å². The Bertz CT molecular complexity index is 312. The fraction of sp³-hybridized carbons (Fsp3) is 0.786. The van der Waals surface area contributed by atoms with E-state index in [2.05, 4.69) is 0 Å². The highest BCUT2D eigenvalue weighted by molar-refractivity contribution is 5.83. The van der Waals surface area contributed by atoms with Gasteiger partial charge in [0.05, 0.1) is 0 Å². The van der Waals surface area contributed by atoms with Crippen molar-refractivity contribution < 1.29 is 22.7 Å². The first-order chi connectivity index (χ1) is 8.56. The Morgan fingerprint density at radius 3 is 2.11 bits per heavy atom. The maximum absolute atomic E-state index is 12.7. The summed E-state index contributed by atoms with van der Waals surface area (Å²) in [6, 6.07) is 0. The molecule has 0 fully saturated rings. The molecule has 0 atom stereocenters. The number of ether oxygens (including phenoxy) is 1. The van der Waals surface area contributed by atoms with Gasteiger partial charge in [-0.15, -0.1) is 0 Å². The molecule has 0 radical (unpaired) electrons. The molecule has 0 spiro atoms. The van der Waals surface area contributed by atoms with Gasteiger partial charge in [0.25, 0.3) is 0 Å². The standard InChI is InChI=1S/C14H23F3O2/c1-5-6-7-8-9-11(14(15,16)17)10-12(18)19-13(2,3)4/h10H,5-9H2,1-4H3/b11-10-. The Hall–Kier alpha value is -1.00. The number of alkyl halides is 3. The van der Waals surface area contributed by atoms with Crippen LogP contribution in [-0.4, -0.2) is 17.7 Å². The highest BCUT2D eigenvalue weighted by atomic mass is 19.4. The van der Waals surface area contributed by atoms with Gasteiger partial charge in [0.1, 0.15) is 5.60 Å². The number of hydrogen-bond donors (Lipinski definition) is 0. The van der Waals surface area contributed by atoms with E-state index in [9.17, 15) is 18.0 Å². The van der Waals surface area contributed by atoms with Crippen LogP contribution in [0, 0.1) is 0 Å². The normalized spacial score (nSPS) is 13.5. The van der Waals surface area contributed by atoms with Crippen LogP contribution in [0.15, 0.2) is 11.6 Å². The third kappa shape index (κ3) is 9.56. The van der Waals surface area contributed by atoms with E-state index in [1.165, 1.54) is 0 Å². The first kappa shape index (κ1) is 18.0. The molecule has 0 unspecified atom stereocenters. The Morgan fingerprint density at radius 1 is 1.11 bits per heavy atom. The molecule has 0 aliphatic rings. The predicted octanol–water partition coefficient (Wildman–Crippen LogP) is 4.79. The second kappa shape index (κ2) is 7.56. The van der Waals surface area contributed by atoms with E-state index in [4.69, 9.17) is 4.74 Å². The van der Waals surface area contributed by atoms with Crippen molar-refractivity contribution in [3.8, 4) is 0 Å². The number of halogens is 3. The Morgan fingerprint density at radius 2 is 1.68 bits per heavy atom. The van der Waals surface area contributed by atoms with E-state index >= 15 is 0 Å². The van der Waals surface area contributed by atoms with Crippen LogP contribution in [0.1, 0.15) is 59.8 Å².